The van der Waals surface area contributed by atoms with Crippen LogP contribution in [0, 0.1) is 35.5 Å². The number of rotatable bonds is 4. The summed E-state index contributed by atoms with van der Waals surface area (Å²) < 4.78 is 0. The van der Waals surface area contributed by atoms with Crippen molar-refractivity contribution < 1.29 is 4.79 Å². The summed E-state index contributed by atoms with van der Waals surface area (Å²) >= 11 is 0. The van der Waals surface area contributed by atoms with Crippen LogP contribution in [-0.2, 0) is 4.79 Å². The second-order valence-corrected chi connectivity index (χ2v) is 8.71. The van der Waals surface area contributed by atoms with E-state index in [4.69, 9.17) is 5.73 Å². The molecule has 3 nitrogen and oxygen atoms in total. The molecule has 0 aromatic heterocycles. The molecule has 0 saturated heterocycles. The Hall–Kier alpha value is -0.570. The van der Waals surface area contributed by atoms with Gasteiger partial charge in [0.25, 0.3) is 0 Å². The highest BCUT2D eigenvalue weighted by Crippen LogP contribution is 2.49. The van der Waals surface area contributed by atoms with Crippen molar-refractivity contribution in [3.05, 3.63) is 0 Å². The zero-order valence-electron chi connectivity index (χ0n) is 13.8. The minimum Gasteiger partial charge on any atom is -0.356 e. The lowest BCUT2D eigenvalue weighted by Crippen LogP contribution is -2.49. The third-order valence-electron chi connectivity index (χ3n) is 7.48. The molecule has 0 aliphatic heterocycles. The molecule has 0 aromatic rings. The summed E-state index contributed by atoms with van der Waals surface area (Å²) in [6.07, 6.45) is 12.9. The van der Waals surface area contributed by atoms with Crippen molar-refractivity contribution in [2.75, 3.05) is 6.54 Å². The van der Waals surface area contributed by atoms with Gasteiger partial charge in [-0.3, -0.25) is 4.79 Å². The molecule has 4 aliphatic rings. The molecular formula is C19H32N2O. The van der Waals surface area contributed by atoms with Crippen molar-refractivity contribution in [3.63, 3.8) is 0 Å². The van der Waals surface area contributed by atoms with Crippen LogP contribution in [0.4, 0.5) is 0 Å². The topological polar surface area (TPSA) is 55.1 Å². The molecule has 22 heavy (non-hydrogen) atoms. The van der Waals surface area contributed by atoms with Gasteiger partial charge in [-0.15, -0.1) is 0 Å². The van der Waals surface area contributed by atoms with E-state index >= 15 is 0 Å². The first-order chi connectivity index (χ1) is 10.7. The molecule has 4 saturated carbocycles. The molecule has 4 bridgehead atoms. The van der Waals surface area contributed by atoms with Gasteiger partial charge in [-0.05, 0) is 81.0 Å². The summed E-state index contributed by atoms with van der Waals surface area (Å²) in [5, 5.41) is 3.26. The summed E-state index contributed by atoms with van der Waals surface area (Å²) in [6.45, 7) is 0.907. The van der Waals surface area contributed by atoms with Gasteiger partial charge in [-0.1, -0.05) is 12.8 Å². The van der Waals surface area contributed by atoms with Gasteiger partial charge >= 0.3 is 0 Å². The van der Waals surface area contributed by atoms with Gasteiger partial charge in [0.2, 0.25) is 5.91 Å². The fourth-order valence-electron chi connectivity index (χ4n) is 6.26. The summed E-state index contributed by atoms with van der Waals surface area (Å²) in [7, 11) is 0. The SMILES string of the molecule is NC1C2CCCC1CC(C(=O)NCCC1CC3CCC1C3)C2. The average molecular weight is 304 g/mol. The highest BCUT2D eigenvalue weighted by molar-refractivity contribution is 5.78. The van der Waals surface area contributed by atoms with Gasteiger partial charge in [-0.25, -0.2) is 0 Å². The number of hydrogen-bond acceptors (Lipinski definition) is 2. The molecular weight excluding hydrogens is 272 g/mol. The second kappa shape index (κ2) is 6.14. The molecule has 4 aliphatic carbocycles. The molecule has 0 heterocycles. The molecule has 0 aromatic carbocycles. The minimum atomic E-state index is 0.245. The molecule has 3 N–H and O–H groups in total. The highest BCUT2D eigenvalue weighted by atomic mass is 16.1. The van der Waals surface area contributed by atoms with E-state index in [-0.39, 0.29) is 5.92 Å². The van der Waals surface area contributed by atoms with Crippen LogP contribution >= 0.6 is 0 Å². The van der Waals surface area contributed by atoms with Crippen molar-refractivity contribution in [1.82, 2.24) is 5.32 Å². The van der Waals surface area contributed by atoms with E-state index in [2.05, 4.69) is 5.32 Å². The molecule has 0 radical (unpaired) electrons. The van der Waals surface area contributed by atoms with Gasteiger partial charge in [0.1, 0.15) is 0 Å². The van der Waals surface area contributed by atoms with E-state index in [0.717, 1.165) is 37.1 Å². The van der Waals surface area contributed by atoms with Crippen LogP contribution in [0.2, 0.25) is 0 Å². The Morgan fingerprint density at radius 3 is 2.36 bits per heavy atom. The fourth-order valence-corrected chi connectivity index (χ4v) is 6.26. The van der Waals surface area contributed by atoms with E-state index < -0.39 is 0 Å². The fraction of sp³-hybridized carbons (Fsp3) is 0.947. The zero-order valence-corrected chi connectivity index (χ0v) is 13.8. The Morgan fingerprint density at radius 2 is 1.73 bits per heavy atom. The summed E-state index contributed by atoms with van der Waals surface area (Å²) in [5.41, 5.74) is 6.33. The van der Waals surface area contributed by atoms with E-state index in [1.54, 1.807) is 0 Å². The Labute approximate surface area is 134 Å². The number of carbonyl (C=O) groups is 1. The number of carbonyl (C=O) groups excluding carboxylic acids is 1. The Bertz CT molecular complexity index is 410. The maximum Gasteiger partial charge on any atom is 0.223 e. The third kappa shape index (κ3) is 2.81. The van der Waals surface area contributed by atoms with E-state index in [0.29, 0.717) is 23.8 Å². The summed E-state index contributed by atoms with van der Waals surface area (Å²) in [6, 6.07) is 0.367. The van der Waals surface area contributed by atoms with Crippen LogP contribution < -0.4 is 11.1 Å². The van der Waals surface area contributed by atoms with Gasteiger partial charge in [0.15, 0.2) is 0 Å². The highest BCUT2D eigenvalue weighted by Gasteiger charge is 2.41. The predicted octanol–water partition coefficient (Wildman–Crippen LogP) is 3.08. The van der Waals surface area contributed by atoms with E-state index in [1.807, 2.05) is 0 Å². The maximum absolute atomic E-state index is 12.5. The lowest BCUT2D eigenvalue weighted by molar-refractivity contribution is -0.127. The Morgan fingerprint density at radius 1 is 0.955 bits per heavy atom. The van der Waals surface area contributed by atoms with Gasteiger partial charge in [-0.2, -0.15) is 0 Å². The van der Waals surface area contributed by atoms with Crippen molar-refractivity contribution >= 4 is 5.91 Å². The quantitative estimate of drug-likeness (QED) is 0.838. The Kier molecular flexibility index (Phi) is 4.19. The van der Waals surface area contributed by atoms with Crippen molar-refractivity contribution in [2.24, 2.45) is 41.2 Å². The van der Waals surface area contributed by atoms with Crippen LogP contribution in [0.15, 0.2) is 0 Å². The Balaban J connectivity index is 1.23. The largest absolute Gasteiger partial charge is 0.356 e. The number of fused-ring (bicyclic) bond motifs is 4. The summed E-state index contributed by atoms with van der Waals surface area (Å²) in [4.78, 5) is 12.5. The third-order valence-corrected chi connectivity index (χ3v) is 7.48. The zero-order chi connectivity index (χ0) is 15.1. The van der Waals surface area contributed by atoms with Gasteiger partial charge < -0.3 is 11.1 Å². The first kappa shape index (κ1) is 15.0. The second-order valence-electron chi connectivity index (χ2n) is 8.71. The monoisotopic (exact) mass is 304 g/mol. The van der Waals surface area contributed by atoms with Crippen molar-refractivity contribution in [3.8, 4) is 0 Å². The number of nitrogens with two attached hydrogens (primary N) is 1. The smallest absolute Gasteiger partial charge is 0.223 e. The van der Waals surface area contributed by atoms with Gasteiger partial charge in [0.05, 0.1) is 0 Å². The number of amides is 1. The minimum absolute atomic E-state index is 0.245. The first-order valence-corrected chi connectivity index (χ1v) is 9.74. The normalized spacial score (nSPS) is 46.7. The van der Waals surface area contributed by atoms with E-state index in [9.17, 15) is 4.79 Å². The van der Waals surface area contributed by atoms with Crippen LogP contribution in [0.25, 0.3) is 0 Å². The molecule has 4 fully saturated rings. The van der Waals surface area contributed by atoms with Crippen LogP contribution in [0.3, 0.4) is 0 Å². The van der Waals surface area contributed by atoms with Gasteiger partial charge in [0, 0.05) is 18.5 Å². The first-order valence-electron chi connectivity index (χ1n) is 9.74. The standard InChI is InChI=1S/C19H32N2O/c20-18-15-2-1-3-16(18)11-17(10-15)19(22)21-7-6-14-9-12-4-5-13(14)8-12/h12-18H,1-11,20H2,(H,21,22). The molecule has 4 rings (SSSR count). The predicted molar refractivity (Wildman–Crippen MR) is 88.1 cm³/mol. The van der Waals surface area contributed by atoms with Crippen LogP contribution in [0.5, 0.6) is 0 Å². The molecule has 3 heteroatoms. The number of hydrogen-bond donors (Lipinski definition) is 2. The summed E-state index contributed by atoms with van der Waals surface area (Å²) in [5.74, 6) is 4.68. The molecule has 0 spiro atoms. The molecule has 124 valence electrons. The van der Waals surface area contributed by atoms with Crippen molar-refractivity contribution in [2.45, 2.75) is 70.3 Å². The maximum atomic E-state index is 12.5. The van der Waals surface area contributed by atoms with E-state index in [1.165, 1.54) is 51.4 Å². The lowest BCUT2D eigenvalue weighted by Gasteiger charge is -2.43. The number of nitrogens with one attached hydrogen (secondary N) is 1. The molecule has 5 unspecified atom stereocenters. The average Bonchev–Trinajstić information content (AvgIpc) is 3.09. The molecule has 5 atom stereocenters. The molecule has 1 amide bonds. The van der Waals surface area contributed by atoms with Crippen molar-refractivity contribution in [1.29, 1.82) is 0 Å². The van der Waals surface area contributed by atoms with Crippen LogP contribution in [-0.4, -0.2) is 18.5 Å². The lowest BCUT2D eigenvalue weighted by atomic mass is 9.65. The van der Waals surface area contributed by atoms with Crippen LogP contribution in [0.1, 0.15) is 64.2 Å².